The van der Waals surface area contributed by atoms with Crippen LogP contribution < -0.4 is 10.6 Å². The molecule has 2 N–H and O–H groups in total. The smallest absolute Gasteiger partial charge is 0.256 e. The number of piperidine rings is 1. The topological polar surface area (TPSA) is 61.4 Å². The molecule has 1 aliphatic heterocycles. The third-order valence-electron chi connectivity index (χ3n) is 3.71. The molecule has 0 radical (unpaired) electrons. The van der Waals surface area contributed by atoms with E-state index in [0.29, 0.717) is 24.8 Å². The first kappa shape index (κ1) is 18.4. The van der Waals surface area contributed by atoms with Crippen LogP contribution in [-0.2, 0) is 4.79 Å². The van der Waals surface area contributed by atoms with Crippen molar-refractivity contribution in [3.63, 3.8) is 0 Å². The number of carbonyl (C=O) groups excluding carboxylic acids is 2. The molecule has 0 atom stereocenters. The minimum absolute atomic E-state index is 0. The summed E-state index contributed by atoms with van der Waals surface area (Å²) in [6, 6.07) is 4.45. The Morgan fingerprint density at radius 1 is 1.27 bits per heavy atom. The number of carbonyl (C=O) groups is 2. The van der Waals surface area contributed by atoms with Crippen LogP contribution in [0.1, 0.15) is 30.1 Å². The van der Waals surface area contributed by atoms with Gasteiger partial charge in [-0.1, -0.05) is 0 Å². The molecule has 5 nitrogen and oxygen atoms in total. The normalized spacial score (nSPS) is 15.1. The summed E-state index contributed by atoms with van der Waals surface area (Å²) >= 11 is 0. The quantitative estimate of drug-likeness (QED) is 0.892. The highest BCUT2D eigenvalue weighted by Crippen LogP contribution is 2.19. The van der Waals surface area contributed by atoms with Crippen molar-refractivity contribution in [1.29, 1.82) is 0 Å². The zero-order chi connectivity index (χ0) is 15.4. The second-order valence-corrected chi connectivity index (χ2v) is 5.23. The highest BCUT2D eigenvalue weighted by molar-refractivity contribution is 5.97. The van der Waals surface area contributed by atoms with E-state index in [0.717, 1.165) is 12.8 Å². The van der Waals surface area contributed by atoms with Gasteiger partial charge in [0, 0.05) is 31.7 Å². The van der Waals surface area contributed by atoms with Gasteiger partial charge in [0.05, 0.1) is 5.56 Å². The highest BCUT2D eigenvalue weighted by Gasteiger charge is 2.24. The Balaban J connectivity index is 0.00000242. The van der Waals surface area contributed by atoms with Crippen molar-refractivity contribution >= 4 is 29.9 Å². The molecule has 2 rings (SSSR count). The lowest BCUT2D eigenvalue weighted by Crippen LogP contribution is -2.44. The van der Waals surface area contributed by atoms with Crippen molar-refractivity contribution in [3.8, 4) is 0 Å². The van der Waals surface area contributed by atoms with Crippen LogP contribution in [-0.4, -0.2) is 42.9 Å². The molecule has 0 aromatic heterocycles. The van der Waals surface area contributed by atoms with Gasteiger partial charge >= 0.3 is 0 Å². The molecule has 2 amide bonds. The van der Waals surface area contributed by atoms with Crippen LogP contribution in [0.5, 0.6) is 0 Å². The second kappa shape index (κ2) is 8.10. The van der Waals surface area contributed by atoms with Crippen LogP contribution in [0.4, 0.5) is 10.1 Å². The molecule has 122 valence electrons. The summed E-state index contributed by atoms with van der Waals surface area (Å²) in [5.74, 6) is -1.14. The Labute approximate surface area is 135 Å². The molecule has 0 saturated carbocycles. The number of benzene rings is 1. The number of hydrogen-bond acceptors (Lipinski definition) is 3. The maximum atomic E-state index is 13.9. The maximum absolute atomic E-state index is 13.9. The predicted molar refractivity (Wildman–Crippen MR) is 85.9 cm³/mol. The number of rotatable bonds is 3. The fourth-order valence-corrected chi connectivity index (χ4v) is 2.51. The SMILES string of the molecule is CNC1CCN(C(=O)c2cc(NC(C)=O)ccc2F)CC1.Cl. The Morgan fingerprint density at radius 2 is 1.91 bits per heavy atom. The molecule has 0 unspecified atom stereocenters. The van der Waals surface area contributed by atoms with Gasteiger partial charge in [0.1, 0.15) is 5.82 Å². The van der Waals surface area contributed by atoms with Crippen LogP contribution in [0.3, 0.4) is 0 Å². The van der Waals surface area contributed by atoms with E-state index in [2.05, 4.69) is 10.6 Å². The Kier molecular flexibility index (Phi) is 6.77. The molecule has 1 saturated heterocycles. The van der Waals surface area contributed by atoms with E-state index in [4.69, 9.17) is 0 Å². The van der Waals surface area contributed by atoms with Gasteiger partial charge in [0.25, 0.3) is 5.91 Å². The van der Waals surface area contributed by atoms with Gasteiger partial charge in [0.2, 0.25) is 5.91 Å². The van der Waals surface area contributed by atoms with Crippen LogP contribution in [0, 0.1) is 5.82 Å². The molecule has 22 heavy (non-hydrogen) atoms. The van der Waals surface area contributed by atoms with Gasteiger partial charge in [-0.3, -0.25) is 9.59 Å². The maximum Gasteiger partial charge on any atom is 0.256 e. The van der Waals surface area contributed by atoms with E-state index in [9.17, 15) is 14.0 Å². The van der Waals surface area contributed by atoms with E-state index < -0.39 is 5.82 Å². The average molecular weight is 330 g/mol. The van der Waals surface area contributed by atoms with Gasteiger partial charge in [-0.15, -0.1) is 12.4 Å². The Hall–Kier alpha value is -1.66. The van der Waals surface area contributed by atoms with Gasteiger partial charge < -0.3 is 15.5 Å². The molecule has 1 aliphatic rings. The van der Waals surface area contributed by atoms with Crippen molar-refractivity contribution < 1.29 is 14.0 Å². The first-order chi connectivity index (χ1) is 10.0. The number of hydrogen-bond donors (Lipinski definition) is 2. The molecule has 1 fully saturated rings. The van der Waals surface area contributed by atoms with Crippen molar-refractivity contribution in [2.45, 2.75) is 25.8 Å². The van der Waals surface area contributed by atoms with Crippen molar-refractivity contribution in [1.82, 2.24) is 10.2 Å². The average Bonchev–Trinajstić information content (AvgIpc) is 2.48. The summed E-state index contributed by atoms with van der Waals surface area (Å²) in [7, 11) is 1.90. The summed E-state index contributed by atoms with van der Waals surface area (Å²) in [4.78, 5) is 25.1. The van der Waals surface area contributed by atoms with Crippen molar-refractivity contribution in [2.24, 2.45) is 0 Å². The minimum atomic E-state index is -0.565. The first-order valence-corrected chi connectivity index (χ1v) is 7.05. The summed E-state index contributed by atoms with van der Waals surface area (Å²) in [6.07, 6.45) is 1.71. The molecular formula is C15H21ClFN3O2. The number of likely N-dealkylation sites (tertiary alicyclic amines) is 1. The van der Waals surface area contributed by atoms with Crippen LogP contribution in [0.2, 0.25) is 0 Å². The largest absolute Gasteiger partial charge is 0.338 e. The molecule has 1 aromatic carbocycles. The standard InChI is InChI=1S/C15H20FN3O2.ClH/c1-10(20)18-12-3-4-14(16)13(9-12)15(21)19-7-5-11(17-2)6-8-19;/h3-4,9,11,17H,5-8H2,1-2H3,(H,18,20);1H. The first-order valence-electron chi connectivity index (χ1n) is 7.05. The van der Waals surface area contributed by atoms with E-state index >= 15 is 0 Å². The predicted octanol–water partition coefficient (Wildman–Crippen LogP) is 2.03. The van der Waals surface area contributed by atoms with Gasteiger partial charge in [-0.2, -0.15) is 0 Å². The number of nitrogens with one attached hydrogen (secondary N) is 2. The monoisotopic (exact) mass is 329 g/mol. The van der Waals surface area contributed by atoms with Gasteiger partial charge in [-0.25, -0.2) is 4.39 Å². The summed E-state index contributed by atoms with van der Waals surface area (Å²) in [6.45, 7) is 2.58. The molecule has 1 aromatic rings. The van der Waals surface area contributed by atoms with Crippen LogP contribution >= 0.6 is 12.4 Å². The Morgan fingerprint density at radius 3 is 2.45 bits per heavy atom. The molecular weight excluding hydrogens is 309 g/mol. The summed E-state index contributed by atoms with van der Waals surface area (Å²) < 4.78 is 13.9. The molecule has 1 heterocycles. The number of anilines is 1. The third-order valence-corrected chi connectivity index (χ3v) is 3.71. The third kappa shape index (κ3) is 4.42. The lowest BCUT2D eigenvalue weighted by molar-refractivity contribution is -0.114. The Bertz CT molecular complexity index is 546. The fourth-order valence-electron chi connectivity index (χ4n) is 2.51. The van der Waals surface area contributed by atoms with E-state index in [-0.39, 0.29) is 29.8 Å². The summed E-state index contributed by atoms with van der Waals surface area (Å²) in [5, 5.41) is 5.75. The summed E-state index contributed by atoms with van der Waals surface area (Å²) in [5.41, 5.74) is 0.432. The molecule has 0 bridgehead atoms. The molecule has 0 aliphatic carbocycles. The lowest BCUT2D eigenvalue weighted by Gasteiger charge is -2.32. The lowest BCUT2D eigenvalue weighted by atomic mass is 10.0. The van der Waals surface area contributed by atoms with Gasteiger partial charge in [0.15, 0.2) is 0 Å². The van der Waals surface area contributed by atoms with Gasteiger partial charge in [-0.05, 0) is 38.1 Å². The highest BCUT2D eigenvalue weighted by atomic mass is 35.5. The van der Waals surface area contributed by atoms with E-state index in [1.165, 1.54) is 25.1 Å². The number of halogens is 2. The zero-order valence-electron chi connectivity index (χ0n) is 12.7. The van der Waals surface area contributed by atoms with Crippen molar-refractivity contribution in [2.75, 3.05) is 25.5 Å². The molecule has 0 spiro atoms. The number of nitrogens with zero attached hydrogens (tertiary/aromatic N) is 1. The minimum Gasteiger partial charge on any atom is -0.338 e. The fraction of sp³-hybridized carbons (Fsp3) is 0.467. The number of amides is 2. The van der Waals surface area contributed by atoms with Crippen LogP contribution in [0.15, 0.2) is 18.2 Å². The molecule has 7 heteroatoms. The van der Waals surface area contributed by atoms with E-state index in [1.807, 2.05) is 7.05 Å². The zero-order valence-corrected chi connectivity index (χ0v) is 13.5. The van der Waals surface area contributed by atoms with Crippen LogP contribution in [0.25, 0.3) is 0 Å². The van der Waals surface area contributed by atoms with E-state index in [1.54, 1.807) is 4.90 Å². The van der Waals surface area contributed by atoms with Crippen molar-refractivity contribution in [3.05, 3.63) is 29.6 Å². The second-order valence-electron chi connectivity index (χ2n) is 5.23.